The first kappa shape index (κ1) is 16.3. The van der Waals surface area contributed by atoms with E-state index in [1.165, 1.54) is 32.2 Å². The van der Waals surface area contributed by atoms with Gasteiger partial charge in [-0.15, -0.1) is 0 Å². The van der Waals surface area contributed by atoms with E-state index in [0.717, 1.165) is 23.0 Å². The van der Waals surface area contributed by atoms with Gasteiger partial charge < -0.3 is 10.0 Å². The number of halogens is 2. The standard InChI is InChI=1S/C16H23BrClNO/c1-2-13-5-3-4-9-19(13)10-8-16(20)14-7-6-12(17)11-15(14)18/h6-7,11,13,16,20H,2-5,8-10H2,1H3. The number of rotatable bonds is 5. The molecule has 1 saturated heterocycles. The number of piperidine rings is 1. The van der Waals surface area contributed by atoms with Crippen molar-refractivity contribution in [3.8, 4) is 0 Å². The number of hydrogen-bond acceptors (Lipinski definition) is 2. The average Bonchev–Trinajstić information content (AvgIpc) is 2.45. The van der Waals surface area contributed by atoms with Crippen LogP contribution < -0.4 is 0 Å². The lowest BCUT2D eigenvalue weighted by atomic mass is 9.98. The van der Waals surface area contributed by atoms with Crippen LogP contribution in [0.25, 0.3) is 0 Å². The van der Waals surface area contributed by atoms with Crippen molar-refractivity contribution in [3.05, 3.63) is 33.3 Å². The van der Waals surface area contributed by atoms with Crippen molar-refractivity contribution in [1.29, 1.82) is 0 Å². The smallest absolute Gasteiger partial charge is 0.0816 e. The van der Waals surface area contributed by atoms with Gasteiger partial charge in [0, 0.05) is 22.1 Å². The van der Waals surface area contributed by atoms with Crippen molar-refractivity contribution < 1.29 is 5.11 Å². The predicted molar refractivity (Wildman–Crippen MR) is 88.2 cm³/mol. The number of hydrogen-bond donors (Lipinski definition) is 1. The van der Waals surface area contributed by atoms with Gasteiger partial charge in [-0.2, -0.15) is 0 Å². The highest BCUT2D eigenvalue weighted by Crippen LogP contribution is 2.29. The van der Waals surface area contributed by atoms with E-state index in [2.05, 4.69) is 27.8 Å². The van der Waals surface area contributed by atoms with E-state index in [4.69, 9.17) is 11.6 Å². The second-order valence-electron chi connectivity index (χ2n) is 5.56. The average molecular weight is 361 g/mol. The molecule has 4 heteroatoms. The molecule has 2 rings (SSSR count). The normalized spacial score (nSPS) is 21.9. The fourth-order valence-corrected chi connectivity index (χ4v) is 3.83. The first-order valence-corrected chi connectivity index (χ1v) is 8.66. The number of aliphatic hydroxyl groups excluding tert-OH is 1. The topological polar surface area (TPSA) is 23.5 Å². The summed E-state index contributed by atoms with van der Waals surface area (Å²) in [4.78, 5) is 2.53. The van der Waals surface area contributed by atoms with Crippen LogP contribution in [0.5, 0.6) is 0 Å². The van der Waals surface area contributed by atoms with E-state index >= 15 is 0 Å². The molecular formula is C16H23BrClNO. The van der Waals surface area contributed by atoms with Crippen LogP contribution >= 0.6 is 27.5 Å². The van der Waals surface area contributed by atoms with E-state index in [1.54, 1.807) is 0 Å². The molecule has 2 atom stereocenters. The molecule has 112 valence electrons. The van der Waals surface area contributed by atoms with E-state index in [9.17, 15) is 5.11 Å². The Balaban J connectivity index is 1.92. The van der Waals surface area contributed by atoms with Crippen LogP contribution in [-0.2, 0) is 0 Å². The van der Waals surface area contributed by atoms with Gasteiger partial charge in [-0.05, 0) is 49.9 Å². The van der Waals surface area contributed by atoms with Crippen molar-refractivity contribution in [3.63, 3.8) is 0 Å². The van der Waals surface area contributed by atoms with Gasteiger partial charge in [0.2, 0.25) is 0 Å². The molecule has 20 heavy (non-hydrogen) atoms. The molecule has 1 aliphatic rings. The molecule has 1 aliphatic heterocycles. The van der Waals surface area contributed by atoms with Crippen molar-refractivity contribution >= 4 is 27.5 Å². The van der Waals surface area contributed by atoms with Crippen molar-refractivity contribution in [2.75, 3.05) is 13.1 Å². The van der Waals surface area contributed by atoms with Gasteiger partial charge in [0.05, 0.1) is 6.10 Å². The highest BCUT2D eigenvalue weighted by molar-refractivity contribution is 9.10. The Kier molecular flexibility index (Phi) is 6.34. The quantitative estimate of drug-likeness (QED) is 0.816. The highest BCUT2D eigenvalue weighted by atomic mass is 79.9. The lowest BCUT2D eigenvalue weighted by Crippen LogP contribution is -2.40. The molecule has 1 N–H and O–H groups in total. The van der Waals surface area contributed by atoms with E-state index in [0.29, 0.717) is 11.1 Å². The lowest BCUT2D eigenvalue weighted by molar-refractivity contribution is 0.101. The van der Waals surface area contributed by atoms with Gasteiger partial charge in [0.1, 0.15) is 0 Å². The summed E-state index contributed by atoms with van der Waals surface area (Å²) in [7, 11) is 0. The van der Waals surface area contributed by atoms with Gasteiger partial charge >= 0.3 is 0 Å². The second-order valence-corrected chi connectivity index (χ2v) is 6.89. The van der Waals surface area contributed by atoms with Crippen LogP contribution in [0, 0.1) is 0 Å². The highest BCUT2D eigenvalue weighted by Gasteiger charge is 2.22. The van der Waals surface area contributed by atoms with Gasteiger partial charge in [-0.25, -0.2) is 0 Å². The zero-order chi connectivity index (χ0) is 14.5. The minimum Gasteiger partial charge on any atom is -0.388 e. The van der Waals surface area contributed by atoms with Crippen molar-refractivity contribution in [1.82, 2.24) is 4.90 Å². The van der Waals surface area contributed by atoms with Crippen LogP contribution in [0.2, 0.25) is 5.02 Å². The molecule has 0 bridgehead atoms. The van der Waals surface area contributed by atoms with Crippen molar-refractivity contribution in [2.45, 2.75) is 51.2 Å². The zero-order valence-corrected chi connectivity index (χ0v) is 14.3. The molecular weight excluding hydrogens is 338 g/mol. The van der Waals surface area contributed by atoms with Crippen LogP contribution in [0.4, 0.5) is 0 Å². The lowest BCUT2D eigenvalue weighted by Gasteiger charge is -2.35. The maximum atomic E-state index is 10.4. The molecule has 2 unspecified atom stereocenters. The summed E-state index contributed by atoms with van der Waals surface area (Å²) in [5.41, 5.74) is 0.833. The second kappa shape index (κ2) is 7.79. The molecule has 2 nitrogen and oxygen atoms in total. The molecule has 0 radical (unpaired) electrons. The Bertz CT molecular complexity index is 440. The maximum Gasteiger partial charge on any atom is 0.0816 e. The largest absolute Gasteiger partial charge is 0.388 e. The Morgan fingerprint density at radius 1 is 1.45 bits per heavy atom. The van der Waals surface area contributed by atoms with E-state index < -0.39 is 6.10 Å². The number of nitrogens with zero attached hydrogens (tertiary/aromatic N) is 1. The Morgan fingerprint density at radius 3 is 2.95 bits per heavy atom. The summed E-state index contributed by atoms with van der Waals surface area (Å²) in [5, 5.41) is 11.0. The molecule has 0 aliphatic carbocycles. The van der Waals surface area contributed by atoms with E-state index in [-0.39, 0.29) is 0 Å². The van der Waals surface area contributed by atoms with Crippen LogP contribution in [-0.4, -0.2) is 29.1 Å². The molecule has 1 aromatic carbocycles. The molecule has 1 fully saturated rings. The summed E-state index contributed by atoms with van der Waals surface area (Å²) in [6.07, 6.45) is 5.40. The third-order valence-corrected chi connectivity index (χ3v) is 5.05. The SMILES string of the molecule is CCC1CCCCN1CCC(O)c1ccc(Br)cc1Cl. The van der Waals surface area contributed by atoms with Gasteiger partial charge in [-0.3, -0.25) is 0 Å². The molecule has 1 aromatic rings. The summed E-state index contributed by atoms with van der Waals surface area (Å²) in [6.45, 7) is 4.37. The Labute approximate surface area is 135 Å². The number of likely N-dealkylation sites (tertiary alicyclic amines) is 1. The molecule has 0 spiro atoms. The predicted octanol–water partition coefficient (Wildman–Crippen LogP) is 4.79. The first-order chi connectivity index (χ1) is 9.61. The van der Waals surface area contributed by atoms with Gasteiger partial charge in [-0.1, -0.05) is 46.9 Å². The monoisotopic (exact) mass is 359 g/mol. The summed E-state index contributed by atoms with van der Waals surface area (Å²) < 4.78 is 0.945. The molecule has 0 aromatic heterocycles. The fourth-order valence-electron chi connectivity index (χ4n) is 3.03. The molecule has 0 saturated carbocycles. The minimum absolute atomic E-state index is 0.477. The first-order valence-electron chi connectivity index (χ1n) is 7.49. The van der Waals surface area contributed by atoms with Crippen LogP contribution in [0.1, 0.15) is 50.7 Å². The molecule has 1 heterocycles. The Hall–Kier alpha value is -0.0900. The summed E-state index contributed by atoms with van der Waals surface area (Å²) in [5.74, 6) is 0. The van der Waals surface area contributed by atoms with Gasteiger partial charge in [0.15, 0.2) is 0 Å². The Morgan fingerprint density at radius 2 is 2.25 bits per heavy atom. The third kappa shape index (κ3) is 4.20. The zero-order valence-electron chi connectivity index (χ0n) is 12.0. The van der Waals surface area contributed by atoms with E-state index in [1.807, 2.05) is 18.2 Å². The third-order valence-electron chi connectivity index (χ3n) is 4.23. The fraction of sp³-hybridized carbons (Fsp3) is 0.625. The maximum absolute atomic E-state index is 10.4. The van der Waals surface area contributed by atoms with Crippen LogP contribution in [0.15, 0.2) is 22.7 Å². The van der Waals surface area contributed by atoms with Gasteiger partial charge in [0.25, 0.3) is 0 Å². The number of aliphatic hydroxyl groups is 1. The van der Waals surface area contributed by atoms with Crippen LogP contribution in [0.3, 0.4) is 0 Å². The number of benzene rings is 1. The molecule has 0 amide bonds. The minimum atomic E-state index is -0.477. The van der Waals surface area contributed by atoms with Crippen molar-refractivity contribution in [2.24, 2.45) is 0 Å². The summed E-state index contributed by atoms with van der Waals surface area (Å²) in [6, 6.07) is 6.37. The summed E-state index contributed by atoms with van der Waals surface area (Å²) >= 11 is 9.59.